The van der Waals surface area contributed by atoms with E-state index in [0.717, 1.165) is 11.5 Å². The highest BCUT2D eigenvalue weighted by atomic mass is 32.2. The number of carbonyl (C=O) groups is 1. The summed E-state index contributed by atoms with van der Waals surface area (Å²) in [7, 11) is 0. The molecule has 0 aromatic carbocycles. The molecule has 0 bridgehead atoms. The molecule has 1 aliphatic rings. The third-order valence-electron chi connectivity index (χ3n) is 0.729. The van der Waals surface area contributed by atoms with Crippen LogP contribution in [0.2, 0.25) is 0 Å². The Morgan fingerprint density at radius 1 is 1.29 bits per heavy atom. The minimum absolute atomic E-state index is 0.297. The third kappa shape index (κ3) is 1.74. The van der Waals surface area contributed by atoms with Gasteiger partial charge in [-0.2, -0.15) is 0 Å². The Labute approximate surface area is 51.2 Å². The Kier molecular flexibility index (Phi) is 2.06. The van der Waals surface area contributed by atoms with Gasteiger partial charge in [0.25, 0.3) is 0 Å². The zero-order valence-corrected chi connectivity index (χ0v) is 5.48. The Balaban J connectivity index is 2.25. The second-order valence-electron chi connectivity index (χ2n) is 1.30. The Hall–Kier alpha value is 0.370. The lowest BCUT2D eigenvalue weighted by Gasteiger charge is -2.04. The molecule has 0 aliphatic carbocycles. The predicted molar refractivity (Wildman–Crippen MR) is 34.9 cm³/mol. The molecule has 3 heteroatoms. The van der Waals surface area contributed by atoms with Crippen molar-refractivity contribution in [2.75, 3.05) is 11.5 Å². The van der Waals surface area contributed by atoms with Crippen LogP contribution in [0.3, 0.4) is 0 Å². The quantitative estimate of drug-likeness (QED) is 0.504. The topological polar surface area (TPSA) is 17.1 Å². The van der Waals surface area contributed by atoms with Crippen LogP contribution in [0.1, 0.15) is 6.42 Å². The first-order valence-electron chi connectivity index (χ1n) is 2.19. The first-order valence-corrected chi connectivity index (χ1v) is 4.16. The average molecular weight is 134 g/mol. The van der Waals surface area contributed by atoms with Crippen molar-refractivity contribution >= 4 is 28.0 Å². The molecule has 1 nitrogen and oxygen atoms in total. The zero-order chi connectivity index (χ0) is 5.11. The summed E-state index contributed by atoms with van der Waals surface area (Å²) in [6, 6.07) is 0. The molecule has 1 rings (SSSR count). The van der Waals surface area contributed by atoms with Gasteiger partial charge >= 0.3 is 0 Å². The standard InChI is InChI=1S/C4H6OS2/c5-4-6-2-1-3-7-4/h1-3H2. The molecule has 1 aliphatic heterocycles. The van der Waals surface area contributed by atoms with Gasteiger partial charge in [-0.05, 0) is 6.42 Å². The van der Waals surface area contributed by atoms with E-state index in [4.69, 9.17) is 0 Å². The van der Waals surface area contributed by atoms with Gasteiger partial charge in [-0.25, -0.2) is 0 Å². The summed E-state index contributed by atoms with van der Waals surface area (Å²) >= 11 is 2.88. The van der Waals surface area contributed by atoms with E-state index in [-0.39, 0.29) is 0 Å². The molecule has 0 radical (unpaired) electrons. The number of hydrogen-bond donors (Lipinski definition) is 0. The molecule has 0 N–H and O–H groups in total. The summed E-state index contributed by atoms with van der Waals surface area (Å²) < 4.78 is 0.297. The second kappa shape index (κ2) is 2.62. The van der Waals surface area contributed by atoms with Crippen LogP contribution in [0.4, 0.5) is 4.79 Å². The SMILES string of the molecule is O=C1SCCCS1. The van der Waals surface area contributed by atoms with Crippen molar-refractivity contribution in [2.24, 2.45) is 0 Å². The highest BCUT2D eigenvalue weighted by Gasteiger charge is 2.07. The Morgan fingerprint density at radius 3 is 2.14 bits per heavy atom. The van der Waals surface area contributed by atoms with Crippen molar-refractivity contribution < 1.29 is 4.79 Å². The van der Waals surface area contributed by atoms with Crippen LogP contribution >= 0.6 is 23.5 Å². The number of rotatable bonds is 0. The molecule has 0 atom stereocenters. The maximum Gasteiger partial charge on any atom is 0.246 e. The van der Waals surface area contributed by atoms with E-state index in [1.54, 1.807) is 0 Å². The molecule has 1 fully saturated rings. The maximum absolute atomic E-state index is 10.4. The van der Waals surface area contributed by atoms with Crippen molar-refractivity contribution in [2.45, 2.75) is 6.42 Å². The van der Waals surface area contributed by atoms with E-state index in [2.05, 4.69) is 0 Å². The van der Waals surface area contributed by atoms with Crippen LogP contribution in [0.5, 0.6) is 0 Å². The normalized spacial score (nSPS) is 22.6. The summed E-state index contributed by atoms with van der Waals surface area (Å²) in [5, 5.41) is 0. The van der Waals surface area contributed by atoms with Crippen molar-refractivity contribution in [3.63, 3.8) is 0 Å². The van der Waals surface area contributed by atoms with Crippen molar-refractivity contribution in [3.05, 3.63) is 0 Å². The fourth-order valence-electron chi connectivity index (χ4n) is 0.412. The highest BCUT2D eigenvalue weighted by Crippen LogP contribution is 2.23. The van der Waals surface area contributed by atoms with Crippen molar-refractivity contribution in [3.8, 4) is 0 Å². The molecule has 0 saturated carbocycles. The summed E-state index contributed by atoms with van der Waals surface area (Å²) in [4.78, 5) is 10.4. The molecule has 0 amide bonds. The molecule has 0 aromatic heterocycles. The lowest BCUT2D eigenvalue weighted by Crippen LogP contribution is -1.96. The molecule has 0 aromatic rings. The van der Waals surface area contributed by atoms with Gasteiger partial charge in [0, 0.05) is 11.5 Å². The third-order valence-corrected chi connectivity index (χ3v) is 2.89. The molecule has 0 spiro atoms. The first-order chi connectivity index (χ1) is 3.39. The van der Waals surface area contributed by atoms with Crippen LogP contribution in [-0.2, 0) is 0 Å². The summed E-state index contributed by atoms with van der Waals surface area (Å²) in [5.74, 6) is 2.07. The molecule has 7 heavy (non-hydrogen) atoms. The van der Waals surface area contributed by atoms with Gasteiger partial charge in [0.1, 0.15) is 0 Å². The van der Waals surface area contributed by atoms with Crippen LogP contribution in [0, 0.1) is 0 Å². The van der Waals surface area contributed by atoms with Crippen LogP contribution < -0.4 is 0 Å². The first kappa shape index (κ1) is 5.51. The van der Waals surface area contributed by atoms with Crippen molar-refractivity contribution in [1.82, 2.24) is 0 Å². The van der Waals surface area contributed by atoms with Gasteiger partial charge in [0.05, 0.1) is 0 Å². The van der Waals surface area contributed by atoms with Gasteiger partial charge in [-0.15, -0.1) is 0 Å². The van der Waals surface area contributed by atoms with Crippen molar-refractivity contribution in [1.29, 1.82) is 0 Å². The Bertz CT molecular complexity index is 73.8. The van der Waals surface area contributed by atoms with Crippen LogP contribution in [0.25, 0.3) is 0 Å². The largest absolute Gasteiger partial charge is 0.274 e. The number of hydrogen-bond acceptors (Lipinski definition) is 3. The molecule has 0 unspecified atom stereocenters. The van der Waals surface area contributed by atoms with Gasteiger partial charge in [0.15, 0.2) is 0 Å². The minimum Gasteiger partial charge on any atom is -0.274 e. The maximum atomic E-state index is 10.4. The van der Waals surface area contributed by atoms with Gasteiger partial charge in [-0.3, -0.25) is 4.79 Å². The average Bonchev–Trinajstić information content (AvgIpc) is 1.69. The molecule has 1 heterocycles. The number of carbonyl (C=O) groups excluding carboxylic acids is 1. The second-order valence-corrected chi connectivity index (χ2v) is 3.69. The lowest BCUT2D eigenvalue weighted by molar-refractivity contribution is 0.276. The van der Waals surface area contributed by atoms with E-state index >= 15 is 0 Å². The van der Waals surface area contributed by atoms with E-state index in [0.29, 0.717) is 4.45 Å². The highest BCUT2D eigenvalue weighted by molar-refractivity contribution is 8.39. The van der Waals surface area contributed by atoms with Gasteiger partial charge in [-0.1, -0.05) is 23.5 Å². The monoisotopic (exact) mass is 134 g/mol. The van der Waals surface area contributed by atoms with Crippen LogP contribution in [-0.4, -0.2) is 16.0 Å². The summed E-state index contributed by atoms with van der Waals surface area (Å²) in [6.45, 7) is 0. The number of thioether (sulfide) groups is 2. The van der Waals surface area contributed by atoms with E-state index in [1.165, 1.54) is 29.9 Å². The molecule has 1 saturated heterocycles. The lowest BCUT2D eigenvalue weighted by atomic mass is 10.6. The fourth-order valence-corrected chi connectivity index (χ4v) is 2.34. The smallest absolute Gasteiger partial charge is 0.246 e. The van der Waals surface area contributed by atoms with Gasteiger partial charge in [0.2, 0.25) is 4.45 Å². The summed E-state index contributed by atoms with van der Waals surface area (Å²) in [5.41, 5.74) is 0. The van der Waals surface area contributed by atoms with E-state index in [1.807, 2.05) is 0 Å². The molecule has 40 valence electrons. The minimum atomic E-state index is 0.297. The molecular weight excluding hydrogens is 128 g/mol. The van der Waals surface area contributed by atoms with Crippen LogP contribution in [0.15, 0.2) is 0 Å². The zero-order valence-electron chi connectivity index (χ0n) is 3.85. The predicted octanol–water partition coefficient (Wildman–Crippen LogP) is 1.98. The molecular formula is C4H6OS2. The van der Waals surface area contributed by atoms with E-state index in [9.17, 15) is 4.79 Å². The van der Waals surface area contributed by atoms with E-state index < -0.39 is 0 Å². The fraction of sp³-hybridized carbons (Fsp3) is 0.750. The Morgan fingerprint density at radius 2 is 1.86 bits per heavy atom. The van der Waals surface area contributed by atoms with Gasteiger partial charge < -0.3 is 0 Å². The summed E-state index contributed by atoms with van der Waals surface area (Å²) in [6.07, 6.45) is 1.20.